The van der Waals surface area contributed by atoms with Crippen molar-refractivity contribution in [3.8, 4) is 5.75 Å². The number of hydrogen-bond acceptors (Lipinski definition) is 4. The fourth-order valence-electron chi connectivity index (χ4n) is 2.98. The number of benzene rings is 1. The summed E-state index contributed by atoms with van der Waals surface area (Å²) in [5.41, 5.74) is 0.348. The SMILES string of the molecule is O=C(Nc1ccc(OC(F)F)c(Cl)c1)[C@@H]1CCCCN1C(=O)c1cccs1. The number of alkyl halides is 2. The number of nitrogens with zero attached hydrogens (tertiary/aromatic N) is 1. The molecule has 0 unspecified atom stereocenters. The molecule has 144 valence electrons. The van der Waals surface area contributed by atoms with Gasteiger partial charge in [-0.25, -0.2) is 0 Å². The Morgan fingerprint density at radius 3 is 2.78 bits per heavy atom. The van der Waals surface area contributed by atoms with E-state index < -0.39 is 12.7 Å². The molecule has 1 aromatic carbocycles. The van der Waals surface area contributed by atoms with Crippen LogP contribution in [0.4, 0.5) is 14.5 Å². The van der Waals surface area contributed by atoms with Gasteiger partial charge in [-0.1, -0.05) is 17.7 Å². The van der Waals surface area contributed by atoms with E-state index in [2.05, 4.69) is 10.1 Å². The lowest BCUT2D eigenvalue weighted by molar-refractivity contribution is -0.121. The molecular weight excluding hydrogens is 398 g/mol. The number of thiophene rings is 1. The average molecular weight is 415 g/mol. The Hall–Kier alpha value is -2.19. The van der Waals surface area contributed by atoms with Gasteiger partial charge in [0.05, 0.1) is 9.90 Å². The Kier molecular flexibility index (Phi) is 6.28. The number of hydrogen-bond donors (Lipinski definition) is 1. The van der Waals surface area contributed by atoms with Gasteiger partial charge in [0.15, 0.2) is 0 Å². The first-order valence-electron chi connectivity index (χ1n) is 8.35. The van der Waals surface area contributed by atoms with E-state index in [-0.39, 0.29) is 22.6 Å². The zero-order chi connectivity index (χ0) is 19.4. The van der Waals surface area contributed by atoms with Crippen LogP contribution in [-0.4, -0.2) is 35.9 Å². The standard InChI is InChI=1S/C18H17ClF2N2O3S/c19-12-10-11(6-7-14(12)26-18(20)21)22-16(24)13-4-1-2-8-23(13)17(25)15-5-3-9-27-15/h3,5-7,9-10,13,18H,1-2,4,8H2,(H,22,24)/t13-/m0/s1. The summed E-state index contributed by atoms with van der Waals surface area (Å²) >= 11 is 7.25. The van der Waals surface area contributed by atoms with E-state index in [9.17, 15) is 18.4 Å². The van der Waals surface area contributed by atoms with Crippen LogP contribution in [0.1, 0.15) is 28.9 Å². The summed E-state index contributed by atoms with van der Waals surface area (Å²) in [6.45, 7) is -2.47. The molecule has 0 aliphatic carbocycles. The average Bonchev–Trinajstić information content (AvgIpc) is 3.18. The molecule has 1 aliphatic heterocycles. The highest BCUT2D eigenvalue weighted by Crippen LogP contribution is 2.29. The number of carbonyl (C=O) groups is 2. The molecule has 2 heterocycles. The fraction of sp³-hybridized carbons (Fsp3) is 0.333. The minimum absolute atomic E-state index is 0.0386. The zero-order valence-electron chi connectivity index (χ0n) is 14.2. The predicted molar refractivity (Wildman–Crippen MR) is 99.7 cm³/mol. The van der Waals surface area contributed by atoms with Crippen LogP contribution < -0.4 is 10.1 Å². The van der Waals surface area contributed by atoms with Gasteiger partial charge in [0.2, 0.25) is 5.91 Å². The van der Waals surface area contributed by atoms with E-state index >= 15 is 0 Å². The number of ether oxygens (including phenoxy) is 1. The summed E-state index contributed by atoms with van der Waals surface area (Å²) in [5, 5.41) is 4.48. The molecule has 1 fully saturated rings. The van der Waals surface area contributed by atoms with Gasteiger partial charge >= 0.3 is 6.61 Å². The van der Waals surface area contributed by atoms with Crippen molar-refractivity contribution in [1.82, 2.24) is 4.90 Å². The Bertz CT molecular complexity index is 817. The van der Waals surface area contributed by atoms with E-state index in [0.717, 1.165) is 12.8 Å². The number of nitrogens with one attached hydrogen (secondary N) is 1. The second-order valence-electron chi connectivity index (χ2n) is 6.00. The molecule has 0 saturated carbocycles. The summed E-state index contributed by atoms with van der Waals surface area (Å²) in [6, 6.07) is 6.96. The first-order valence-corrected chi connectivity index (χ1v) is 9.61. The summed E-state index contributed by atoms with van der Waals surface area (Å²) in [7, 11) is 0. The summed E-state index contributed by atoms with van der Waals surface area (Å²) in [4.78, 5) is 27.6. The van der Waals surface area contributed by atoms with Crippen LogP contribution in [0.3, 0.4) is 0 Å². The van der Waals surface area contributed by atoms with Gasteiger partial charge in [-0.2, -0.15) is 8.78 Å². The van der Waals surface area contributed by atoms with Gasteiger partial charge in [0.25, 0.3) is 5.91 Å². The number of piperidine rings is 1. The van der Waals surface area contributed by atoms with Crippen LogP contribution in [0.25, 0.3) is 0 Å². The van der Waals surface area contributed by atoms with Gasteiger partial charge in [0.1, 0.15) is 11.8 Å². The highest BCUT2D eigenvalue weighted by molar-refractivity contribution is 7.12. The molecule has 2 aromatic rings. The largest absolute Gasteiger partial charge is 0.433 e. The number of anilines is 1. The van der Waals surface area contributed by atoms with Crippen LogP contribution in [0, 0.1) is 0 Å². The Morgan fingerprint density at radius 1 is 1.30 bits per heavy atom. The molecule has 1 N–H and O–H groups in total. The van der Waals surface area contributed by atoms with Crippen molar-refractivity contribution in [3.63, 3.8) is 0 Å². The monoisotopic (exact) mass is 414 g/mol. The van der Waals surface area contributed by atoms with Crippen molar-refractivity contribution in [2.45, 2.75) is 31.9 Å². The molecule has 2 amide bonds. The lowest BCUT2D eigenvalue weighted by Gasteiger charge is -2.34. The lowest BCUT2D eigenvalue weighted by Crippen LogP contribution is -2.49. The van der Waals surface area contributed by atoms with Crippen LogP contribution >= 0.6 is 22.9 Å². The number of halogens is 3. The van der Waals surface area contributed by atoms with Crippen LogP contribution in [-0.2, 0) is 4.79 Å². The fourth-order valence-corrected chi connectivity index (χ4v) is 3.89. The number of amides is 2. The first-order chi connectivity index (χ1) is 13.0. The Balaban J connectivity index is 1.72. The smallest absolute Gasteiger partial charge is 0.387 e. The van der Waals surface area contributed by atoms with Crippen molar-refractivity contribution in [2.24, 2.45) is 0 Å². The van der Waals surface area contributed by atoms with E-state index in [1.54, 1.807) is 17.0 Å². The highest BCUT2D eigenvalue weighted by atomic mass is 35.5. The molecule has 3 rings (SSSR count). The number of likely N-dealkylation sites (tertiary alicyclic amines) is 1. The second-order valence-corrected chi connectivity index (χ2v) is 7.36. The maximum atomic E-state index is 12.7. The van der Waals surface area contributed by atoms with Gasteiger partial charge in [-0.15, -0.1) is 11.3 Å². The molecular formula is C18H17ClF2N2O3S. The third-order valence-corrected chi connectivity index (χ3v) is 5.37. The second kappa shape index (κ2) is 8.67. The summed E-state index contributed by atoms with van der Waals surface area (Å²) < 4.78 is 28.9. The molecule has 1 aliphatic rings. The topological polar surface area (TPSA) is 58.6 Å². The molecule has 0 bridgehead atoms. The van der Waals surface area contributed by atoms with E-state index in [1.807, 2.05) is 5.38 Å². The third-order valence-electron chi connectivity index (χ3n) is 4.21. The molecule has 5 nitrogen and oxygen atoms in total. The number of rotatable bonds is 5. The molecule has 9 heteroatoms. The Morgan fingerprint density at radius 2 is 2.11 bits per heavy atom. The molecule has 1 saturated heterocycles. The van der Waals surface area contributed by atoms with Crippen LogP contribution in [0.2, 0.25) is 5.02 Å². The van der Waals surface area contributed by atoms with Crippen LogP contribution in [0.5, 0.6) is 5.75 Å². The molecule has 0 spiro atoms. The van der Waals surface area contributed by atoms with Crippen LogP contribution in [0.15, 0.2) is 35.7 Å². The van der Waals surface area contributed by atoms with Gasteiger partial charge in [-0.3, -0.25) is 9.59 Å². The van der Waals surface area contributed by atoms with Crippen molar-refractivity contribution < 1.29 is 23.1 Å². The summed E-state index contributed by atoms with van der Waals surface area (Å²) in [5.74, 6) is -0.668. The minimum atomic E-state index is -2.98. The zero-order valence-corrected chi connectivity index (χ0v) is 15.7. The maximum Gasteiger partial charge on any atom is 0.387 e. The minimum Gasteiger partial charge on any atom is -0.433 e. The highest BCUT2D eigenvalue weighted by Gasteiger charge is 2.33. The van der Waals surface area contributed by atoms with Crippen molar-refractivity contribution in [3.05, 3.63) is 45.6 Å². The van der Waals surface area contributed by atoms with Crippen molar-refractivity contribution in [2.75, 3.05) is 11.9 Å². The van der Waals surface area contributed by atoms with Gasteiger partial charge in [-0.05, 0) is 48.9 Å². The van der Waals surface area contributed by atoms with E-state index in [0.29, 0.717) is 23.5 Å². The lowest BCUT2D eigenvalue weighted by atomic mass is 10.0. The number of carbonyl (C=O) groups excluding carboxylic acids is 2. The predicted octanol–water partition coefficient (Wildman–Crippen LogP) is 4.64. The van der Waals surface area contributed by atoms with E-state index in [1.165, 1.54) is 29.5 Å². The summed E-state index contributed by atoms with van der Waals surface area (Å²) in [6.07, 6.45) is 2.24. The van der Waals surface area contributed by atoms with Gasteiger partial charge in [0, 0.05) is 12.2 Å². The molecule has 27 heavy (non-hydrogen) atoms. The molecule has 0 radical (unpaired) electrons. The third kappa shape index (κ3) is 4.75. The normalized spacial score (nSPS) is 17.0. The van der Waals surface area contributed by atoms with E-state index in [4.69, 9.17) is 11.6 Å². The Labute approximate surface area is 163 Å². The molecule has 1 atom stereocenters. The first kappa shape index (κ1) is 19.6. The quantitative estimate of drug-likeness (QED) is 0.775. The maximum absolute atomic E-state index is 12.7. The van der Waals surface area contributed by atoms with Crippen molar-refractivity contribution >= 4 is 40.4 Å². The van der Waals surface area contributed by atoms with Crippen molar-refractivity contribution in [1.29, 1.82) is 0 Å². The molecule has 1 aromatic heterocycles. The van der Waals surface area contributed by atoms with Gasteiger partial charge < -0.3 is 15.0 Å².